The van der Waals surface area contributed by atoms with Crippen LogP contribution in [0.1, 0.15) is 6.42 Å². The average Bonchev–Trinajstić information content (AvgIpc) is 2.37. The van der Waals surface area contributed by atoms with E-state index in [-0.39, 0.29) is 26.7 Å². The molecule has 0 aromatic heterocycles. The highest BCUT2D eigenvalue weighted by atomic mass is 35.5. The first kappa shape index (κ1) is 17.7. The van der Waals surface area contributed by atoms with Gasteiger partial charge in [-0.1, -0.05) is 23.2 Å². The van der Waals surface area contributed by atoms with Crippen molar-refractivity contribution in [1.29, 1.82) is 0 Å². The molecule has 1 aromatic carbocycles. The molecule has 5 nitrogen and oxygen atoms in total. The van der Waals surface area contributed by atoms with Crippen molar-refractivity contribution >= 4 is 33.2 Å². The van der Waals surface area contributed by atoms with Gasteiger partial charge in [0.15, 0.2) is 0 Å². The number of aliphatic hydroxyl groups is 1. The number of quaternary nitrogens is 1. The molecule has 0 bridgehead atoms. The van der Waals surface area contributed by atoms with Gasteiger partial charge in [-0.25, -0.2) is 4.31 Å². The molecule has 0 saturated heterocycles. The van der Waals surface area contributed by atoms with Crippen LogP contribution in [-0.2, 0) is 10.0 Å². The Balaban J connectivity index is 2.97. The van der Waals surface area contributed by atoms with E-state index in [9.17, 15) is 8.42 Å². The molecular formula is C12H19Cl2N2O3S+. The molecule has 2 atom stereocenters. The van der Waals surface area contributed by atoms with Crippen LogP contribution in [0.2, 0.25) is 10.0 Å². The summed E-state index contributed by atoms with van der Waals surface area (Å²) in [6.45, 7) is 0.608. The van der Waals surface area contributed by atoms with E-state index in [0.29, 0.717) is 24.5 Å². The van der Waals surface area contributed by atoms with Gasteiger partial charge in [0.25, 0.3) is 0 Å². The van der Waals surface area contributed by atoms with E-state index in [1.807, 2.05) is 0 Å². The smallest absolute Gasteiger partial charge is 0.327 e. The fourth-order valence-corrected chi connectivity index (χ4v) is 3.99. The van der Waals surface area contributed by atoms with Crippen molar-refractivity contribution in [1.82, 2.24) is 0 Å². The number of hydrogen-bond acceptors (Lipinski definition) is 4. The minimum atomic E-state index is -3.62. The molecule has 4 N–H and O–H groups in total. The van der Waals surface area contributed by atoms with E-state index in [0.717, 1.165) is 0 Å². The van der Waals surface area contributed by atoms with Crippen molar-refractivity contribution in [2.24, 2.45) is 11.7 Å². The Bertz CT molecular complexity index is 552. The summed E-state index contributed by atoms with van der Waals surface area (Å²) in [5.74, 6) is -0.0687. The molecule has 8 heteroatoms. The summed E-state index contributed by atoms with van der Waals surface area (Å²) in [6.07, 6.45) is 0.470. The third-order valence-corrected chi connectivity index (χ3v) is 5.77. The minimum Gasteiger partial charge on any atom is -0.396 e. The van der Waals surface area contributed by atoms with Crippen LogP contribution in [0.3, 0.4) is 0 Å². The average molecular weight is 342 g/mol. The molecule has 1 rings (SSSR count). The molecule has 0 aliphatic rings. The van der Waals surface area contributed by atoms with Gasteiger partial charge in [0.05, 0.1) is 18.6 Å². The monoisotopic (exact) mass is 341 g/mol. The summed E-state index contributed by atoms with van der Waals surface area (Å²) >= 11 is 11.7. The van der Waals surface area contributed by atoms with Crippen LogP contribution in [0.25, 0.3) is 0 Å². The number of sulfonamides is 1. The third-order valence-electron chi connectivity index (χ3n) is 3.09. The normalized spacial score (nSPS) is 15.1. The maximum absolute atomic E-state index is 12.5. The largest absolute Gasteiger partial charge is 0.396 e. The zero-order valence-corrected chi connectivity index (χ0v) is 13.5. The van der Waals surface area contributed by atoms with Crippen LogP contribution < -0.4 is 10.0 Å². The zero-order chi connectivity index (χ0) is 15.3. The highest BCUT2D eigenvalue weighted by molar-refractivity contribution is 7.85. The van der Waals surface area contributed by atoms with Crippen molar-refractivity contribution in [3.63, 3.8) is 0 Å². The van der Waals surface area contributed by atoms with Crippen molar-refractivity contribution < 1.29 is 17.8 Å². The zero-order valence-electron chi connectivity index (χ0n) is 11.1. The first-order valence-electron chi connectivity index (χ1n) is 6.16. The van der Waals surface area contributed by atoms with Crippen molar-refractivity contribution in [3.8, 4) is 0 Å². The minimum absolute atomic E-state index is 0.0170. The van der Waals surface area contributed by atoms with E-state index < -0.39 is 10.0 Å². The number of hydrogen-bond donors (Lipinski definition) is 3. The van der Waals surface area contributed by atoms with Crippen molar-refractivity contribution in [2.75, 3.05) is 26.7 Å². The highest BCUT2D eigenvalue weighted by Gasteiger charge is 2.29. The van der Waals surface area contributed by atoms with Crippen LogP contribution in [0.15, 0.2) is 23.1 Å². The standard InChI is InChI=1S/C12H18Cl2N2O3S/c1-16(8-9(7-15)4-5-17)20(18,19)12-3-2-10(13)6-11(12)14/h2-3,6,9,17H,4-5,7-8,15H2,1H3/p+1. The van der Waals surface area contributed by atoms with Crippen molar-refractivity contribution in [2.45, 2.75) is 11.3 Å². The molecule has 1 aromatic rings. The second-order valence-corrected chi connectivity index (χ2v) is 7.59. The summed E-state index contributed by atoms with van der Waals surface area (Å²) < 4.78 is 25.2. The van der Waals surface area contributed by atoms with E-state index in [4.69, 9.17) is 34.0 Å². The topological polar surface area (TPSA) is 84.8 Å². The summed E-state index contributed by atoms with van der Waals surface area (Å²) in [4.78, 5) is 0.0424. The Labute approximate surface area is 129 Å². The van der Waals surface area contributed by atoms with Crippen LogP contribution in [-0.4, -0.2) is 40.3 Å². The molecule has 0 spiro atoms. The third kappa shape index (κ3) is 4.31. The lowest BCUT2D eigenvalue weighted by molar-refractivity contribution is -0.747. The molecule has 20 heavy (non-hydrogen) atoms. The Morgan fingerprint density at radius 3 is 2.55 bits per heavy atom. The number of halogens is 2. The Hall–Kier alpha value is -0.370. The van der Waals surface area contributed by atoms with Gasteiger partial charge in [-0.2, -0.15) is 8.42 Å². The van der Waals surface area contributed by atoms with Crippen LogP contribution in [0.5, 0.6) is 0 Å². The summed E-state index contributed by atoms with van der Waals surface area (Å²) in [5.41, 5.74) is 5.58. The molecule has 2 unspecified atom stereocenters. The number of benzene rings is 1. The van der Waals surface area contributed by atoms with Gasteiger partial charge in [0.1, 0.15) is 4.90 Å². The molecule has 0 radical (unpaired) electrons. The van der Waals surface area contributed by atoms with Gasteiger partial charge in [-0.05, 0) is 24.6 Å². The van der Waals surface area contributed by atoms with Gasteiger partial charge in [-0.15, -0.1) is 0 Å². The molecular weight excluding hydrogens is 323 g/mol. The van der Waals surface area contributed by atoms with E-state index in [2.05, 4.69) is 0 Å². The summed E-state index contributed by atoms with van der Waals surface area (Å²) in [6, 6.07) is 4.28. The van der Waals surface area contributed by atoms with Crippen LogP contribution in [0.4, 0.5) is 0 Å². The molecule has 0 aliphatic heterocycles. The van der Waals surface area contributed by atoms with Gasteiger partial charge in [0, 0.05) is 24.1 Å². The van der Waals surface area contributed by atoms with Crippen LogP contribution >= 0.6 is 23.2 Å². The van der Waals surface area contributed by atoms with E-state index in [1.165, 1.54) is 18.2 Å². The predicted molar refractivity (Wildman–Crippen MR) is 79.6 cm³/mol. The van der Waals surface area contributed by atoms with Gasteiger partial charge < -0.3 is 10.8 Å². The fourth-order valence-electron chi connectivity index (χ4n) is 1.88. The second kappa shape index (κ2) is 7.59. The molecule has 0 saturated carbocycles. The fraction of sp³-hybridized carbons (Fsp3) is 0.500. The van der Waals surface area contributed by atoms with Crippen molar-refractivity contribution in [3.05, 3.63) is 28.2 Å². The molecule has 114 valence electrons. The Morgan fingerprint density at radius 1 is 1.40 bits per heavy atom. The van der Waals surface area contributed by atoms with Gasteiger partial charge in [-0.3, -0.25) is 0 Å². The Kier molecular flexibility index (Phi) is 6.71. The second-order valence-electron chi connectivity index (χ2n) is 4.60. The number of nitrogens with one attached hydrogen (secondary N) is 1. The molecule has 0 fully saturated rings. The number of aliphatic hydroxyl groups excluding tert-OH is 1. The lowest BCUT2D eigenvalue weighted by Crippen LogP contribution is -3.11. The van der Waals surface area contributed by atoms with E-state index in [1.54, 1.807) is 7.05 Å². The molecule has 0 amide bonds. The highest BCUT2D eigenvalue weighted by Crippen LogP contribution is 2.23. The summed E-state index contributed by atoms with van der Waals surface area (Å²) in [7, 11) is -2.08. The van der Waals surface area contributed by atoms with Gasteiger partial charge in [0.2, 0.25) is 0 Å². The SMILES string of the molecule is C[NH+](CC(CN)CCO)S(=O)(=O)c1ccc(Cl)cc1Cl. The number of nitrogens with two attached hydrogens (primary N) is 1. The first-order chi connectivity index (χ1) is 9.32. The summed E-state index contributed by atoms with van der Waals surface area (Å²) in [5, 5.41) is 9.41. The van der Waals surface area contributed by atoms with Gasteiger partial charge >= 0.3 is 10.0 Å². The molecule has 0 heterocycles. The lowest BCUT2D eigenvalue weighted by Gasteiger charge is -2.20. The quantitative estimate of drug-likeness (QED) is 0.659. The van der Waals surface area contributed by atoms with E-state index >= 15 is 0 Å². The lowest BCUT2D eigenvalue weighted by atomic mass is 10.1. The Morgan fingerprint density at radius 2 is 2.05 bits per heavy atom. The number of rotatable bonds is 7. The first-order valence-corrected chi connectivity index (χ1v) is 8.40. The van der Waals surface area contributed by atoms with Crippen LogP contribution in [0, 0.1) is 5.92 Å². The maximum atomic E-state index is 12.5. The maximum Gasteiger partial charge on any atom is 0.327 e. The molecule has 0 aliphatic carbocycles. The predicted octanol–water partition coefficient (Wildman–Crippen LogP) is 0.154.